The minimum absolute atomic E-state index is 0.00838. The van der Waals surface area contributed by atoms with Crippen LogP contribution in [0.4, 0.5) is 15.0 Å². The van der Waals surface area contributed by atoms with Crippen LogP contribution < -0.4 is 19.7 Å². The van der Waals surface area contributed by atoms with Gasteiger partial charge in [-0.3, -0.25) is 19.5 Å². The Morgan fingerprint density at radius 3 is 2.47 bits per heavy atom. The number of phenols is 1. The van der Waals surface area contributed by atoms with Crippen molar-refractivity contribution < 1.29 is 47.7 Å². The number of piperidine rings is 1. The minimum atomic E-state index is -0.873. The van der Waals surface area contributed by atoms with Crippen molar-refractivity contribution in [3.63, 3.8) is 0 Å². The molecule has 6 atom stereocenters. The molecule has 5 aliphatic heterocycles. The van der Waals surface area contributed by atoms with Gasteiger partial charge in [-0.2, -0.15) is 9.97 Å². The number of carbonyl (C=O) groups excluding carboxylic acids is 3. The fourth-order valence-electron chi connectivity index (χ4n) is 13.9. The van der Waals surface area contributed by atoms with Crippen LogP contribution in [0.5, 0.6) is 17.6 Å². The predicted octanol–water partition coefficient (Wildman–Crippen LogP) is 10.7. The monoisotopic (exact) mass is 1190 g/mol. The Kier molecular flexibility index (Phi) is 17.2. The van der Waals surface area contributed by atoms with E-state index in [1.54, 1.807) is 40.6 Å². The summed E-state index contributed by atoms with van der Waals surface area (Å²) in [6.07, 6.45) is 9.73. The van der Waals surface area contributed by atoms with Crippen LogP contribution in [0.3, 0.4) is 0 Å². The first kappa shape index (κ1) is 58.9. The molecule has 0 bridgehead atoms. The largest absolute Gasteiger partial charge is 0.508 e. The Morgan fingerprint density at radius 1 is 0.930 bits per heavy atom. The summed E-state index contributed by atoms with van der Waals surface area (Å²) in [6, 6.07) is 17.7. The van der Waals surface area contributed by atoms with Gasteiger partial charge in [0.25, 0.3) is 5.88 Å². The van der Waals surface area contributed by atoms with E-state index in [9.17, 15) is 24.6 Å². The number of aryl methyl sites for hydroxylation is 2. The molecule has 21 heteroatoms. The number of thiazole rings is 1. The lowest BCUT2D eigenvalue weighted by atomic mass is 9.91. The van der Waals surface area contributed by atoms with Gasteiger partial charge >= 0.3 is 12.1 Å². The number of β-amino-alcohol motifs (C(OH)–C–C–N with tert-alkyl or cyclic N) is 1. The fraction of sp³-hybridized carbons (Fsp3) is 0.508. The number of rotatable bonds is 17. The molecule has 3 aromatic carbocycles. The van der Waals surface area contributed by atoms with Crippen LogP contribution in [0.25, 0.3) is 43.4 Å². The number of aliphatic hydroxyl groups is 1. The first-order chi connectivity index (χ1) is 41.6. The van der Waals surface area contributed by atoms with Crippen LogP contribution in [0, 0.1) is 18.7 Å². The van der Waals surface area contributed by atoms with Crippen molar-refractivity contribution >= 4 is 56.7 Å². The van der Waals surface area contributed by atoms with Gasteiger partial charge in [-0.25, -0.2) is 14.2 Å². The SMILES string of the molecule is CCc1cccc2cc(O)cc(-c3ncc4c(N5CCCCCC5)nc(OC[C@]56CCCN5[C@H](COC(=O)N5CCC(Oc7cc([C@H](C(=O)N8C[C@H](O)C[C@H]8C(=O)N[C@@H](C)c8ccc(-c9scnc9C)cc8)C(C)C)on7)CC5)CC6)nc4c3F)c12. The average Bonchev–Trinajstić information content (AvgIpc) is 4.42. The Bertz CT molecular complexity index is 3600. The smallest absolute Gasteiger partial charge is 0.409 e. The number of fused-ring (bicyclic) bond motifs is 3. The molecule has 454 valence electrons. The van der Waals surface area contributed by atoms with Gasteiger partial charge in [-0.15, -0.1) is 11.3 Å². The number of ether oxygens (including phenoxy) is 3. The summed E-state index contributed by atoms with van der Waals surface area (Å²) in [4.78, 5) is 69.7. The van der Waals surface area contributed by atoms with Crippen molar-refractivity contribution in [3.05, 3.63) is 101 Å². The summed E-state index contributed by atoms with van der Waals surface area (Å²) < 4.78 is 42.0. The molecule has 3 amide bonds. The van der Waals surface area contributed by atoms with Crippen molar-refractivity contribution in [2.45, 2.75) is 153 Å². The summed E-state index contributed by atoms with van der Waals surface area (Å²) in [5.41, 5.74) is 6.18. The fourth-order valence-corrected chi connectivity index (χ4v) is 14.7. The molecule has 0 unspecified atom stereocenters. The van der Waals surface area contributed by atoms with Crippen LogP contribution in [0.2, 0.25) is 0 Å². The molecule has 12 rings (SSSR count). The molecule has 0 radical (unpaired) electrons. The van der Waals surface area contributed by atoms with Crippen LogP contribution in [-0.4, -0.2) is 150 Å². The van der Waals surface area contributed by atoms with Crippen molar-refractivity contribution in [2.75, 3.05) is 57.4 Å². The van der Waals surface area contributed by atoms with E-state index in [2.05, 4.69) is 32.2 Å². The van der Waals surface area contributed by atoms with Crippen molar-refractivity contribution in [1.29, 1.82) is 0 Å². The van der Waals surface area contributed by atoms with Gasteiger partial charge < -0.3 is 49.0 Å². The Balaban J connectivity index is 0.650. The molecule has 5 fully saturated rings. The van der Waals surface area contributed by atoms with Gasteiger partial charge in [0, 0.05) is 75.9 Å². The number of aliphatic hydroxyl groups excluding tert-OH is 1. The molecular weight excluding hydrogens is 1120 g/mol. The minimum Gasteiger partial charge on any atom is -0.508 e. The van der Waals surface area contributed by atoms with E-state index in [-0.39, 0.29) is 96.0 Å². The molecule has 0 aliphatic carbocycles. The van der Waals surface area contributed by atoms with E-state index < -0.39 is 23.9 Å². The van der Waals surface area contributed by atoms with Crippen molar-refractivity contribution in [2.24, 2.45) is 5.92 Å². The lowest BCUT2D eigenvalue weighted by molar-refractivity contribution is -0.141. The second-order valence-electron chi connectivity index (χ2n) is 24.5. The van der Waals surface area contributed by atoms with E-state index in [0.29, 0.717) is 55.1 Å². The zero-order valence-corrected chi connectivity index (χ0v) is 50.5. The number of aromatic nitrogens is 5. The van der Waals surface area contributed by atoms with Gasteiger partial charge in [-0.05, 0) is 116 Å². The molecule has 3 N–H and O–H groups in total. The van der Waals surface area contributed by atoms with Gasteiger partial charge in [0.15, 0.2) is 11.6 Å². The Labute approximate surface area is 504 Å². The van der Waals surface area contributed by atoms with Crippen LogP contribution in [0.15, 0.2) is 76.9 Å². The predicted molar refractivity (Wildman–Crippen MR) is 325 cm³/mol. The summed E-state index contributed by atoms with van der Waals surface area (Å²) in [5, 5.41) is 31.1. The van der Waals surface area contributed by atoms with Crippen LogP contribution in [0.1, 0.15) is 133 Å². The van der Waals surface area contributed by atoms with Gasteiger partial charge in [0.05, 0.1) is 39.2 Å². The molecule has 7 aromatic rings. The Hall–Kier alpha value is -7.49. The number of nitrogens with zero attached hydrogens (tertiary/aromatic N) is 9. The van der Waals surface area contributed by atoms with E-state index in [1.807, 2.05) is 75.7 Å². The van der Waals surface area contributed by atoms with Gasteiger partial charge in [-0.1, -0.05) is 76.1 Å². The second kappa shape index (κ2) is 25.1. The maximum absolute atomic E-state index is 17.3. The molecule has 86 heavy (non-hydrogen) atoms. The highest BCUT2D eigenvalue weighted by Crippen LogP contribution is 2.44. The summed E-state index contributed by atoms with van der Waals surface area (Å²) in [7, 11) is 0. The van der Waals surface area contributed by atoms with E-state index in [4.69, 9.17) is 33.7 Å². The topological polar surface area (TPSA) is 222 Å². The van der Waals surface area contributed by atoms with Crippen molar-refractivity contribution in [1.82, 2.24) is 45.1 Å². The highest BCUT2D eigenvalue weighted by Gasteiger charge is 2.51. The molecule has 5 saturated heterocycles. The number of anilines is 1. The number of pyridine rings is 1. The number of amides is 3. The number of benzene rings is 3. The summed E-state index contributed by atoms with van der Waals surface area (Å²) in [5.74, 6) is -1.13. The quantitative estimate of drug-likeness (QED) is 0.0771. The number of halogens is 1. The van der Waals surface area contributed by atoms with Crippen LogP contribution in [-0.2, 0) is 20.7 Å². The maximum atomic E-state index is 17.3. The van der Waals surface area contributed by atoms with E-state index >= 15 is 4.39 Å². The zero-order valence-electron chi connectivity index (χ0n) is 49.7. The van der Waals surface area contributed by atoms with Gasteiger partial charge in [0.1, 0.15) is 54.1 Å². The van der Waals surface area contributed by atoms with Crippen LogP contribution >= 0.6 is 11.3 Å². The third-order valence-corrected chi connectivity index (χ3v) is 19.5. The van der Waals surface area contributed by atoms with E-state index in [1.165, 1.54) is 4.90 Å². The third kappa shape index (κ3) is 11.9. The lowest BCUT2D eigenvalue weighted by Crippen LogP contribution is -2.48. The first-order valence-electron chi connectivity index (χ1n) is 30.7. The molecule has 19 nitrogen and oxygen atoms in total. The summed E-state index contributed by atoms with van der Waals surface area (Å²) >= 11 is 1.58. The number of hydrogen-bond donors (Lipinski definition) is 3. The number of carbonyl (C=O) groups is 3. The molecule has 4 aromatic heterocycles. The summed E-state index contributed by atoms with van der Waals surface area (Å²) in [6.45, 7) is 13.5. The standard InChI is InChI=1S/C65H77FN10O9S/c1-6-41-13-11-14-44-29-46(77)30-49(55(41)44)57-56(66)58-50(33-67-57)60(73-24-9-7-8-10-25-73)71-63(70-58)83-36-65-22-12-26-76(65)45(19-23-65)35-82-64(81)74-27-20-48(21-28-74)84-53-32-52(85-72-53)54(38(2)3)62(80)75-34-47(78)31-51(75)61(79)69-39(4)42-15-17-43(18-16-42)59-40(5)68-37-86-59/h11,13-18,29-30,32-33,37-39,45,47-48,51,54,77-78H,6-10,12,19-28,31,34-36H2,1-5H3,(H,69,79)/t39-,45-,47+,51-,54+,65+/m0/s1. The van der Waals surface area contributed by atoms with E-state index in [0.717, 1.165) is 115 Å². The average molecular weight is 1190 g/mol. The number of hydrogen-bond acceptors (Lipinski definition) is 17. The number of phenolic OH excluding ortho intramolecular Hbond substituents is 1. The number of likely N-dealkylation sites (tertiary alicyclic amines) is 2. The number of aromatic hydroxyl groups is 1. The zero-order chi connectivity index (χ0) is 59.8. The molecule has 5 aliphatic rings. The van der Waals surface area contributed by atoms with Crippen molar-refractivity contribution in [3.8, 4) is 39.3 Å². The second-order valence-corrected chi connectivity index (χ2v) is 25.3. The molecule has 0 spiro atoms. The highest BCUT2D eigenvalue weighted by atomic mass is 32.1. The highest BCUT2D eigenvalue weighted by molar-refractivity contribution is 7.13. The molecular formula is C65H77FN10O9S. The normalized spacial score (nSPS) is 21.9. The molecule has 0 saturated carbocycles. The Morgan fingerprint density at radius 2 is 1.72 bits per heavy atom. The molecule has 9 heterocycles. The lowest BCUT2D eigenvalue weighted by Gasteiger charge is -2.35. The maximum Gasteiger partial charge on any atom is 0.409 e. The number of nitrogens with one attached hydrogen (secondary N) is 1. The third-order valence-electron chi connectivity index (χ3n) is 18.5. The first-order valence-corrected chi connectivity index (χ1v) is 31.6. The van der Waals surface area contributed by atoms with Gasteiger partial charge in [0.2, 0.25) is 11.8 Å².